The van der Waals surface area contributed by atoms with Gasteiger partial charge in [-0.15, -0.1) is 11.3 Å². The average molecular weight is 409 g/mol. The van der Waals surface area contributed by atoms with Crippen LogP contribution in [0.4, 0.5) is 5.00 Å². The summed E-state index contributed by atoms with van der Waals surface area (Å²) < 4.78 is 42.0. The molecule has 0 bridgehead atoms. The zero-order valence-corrected chi connectivity index (χ0v) is 16.2. The molecular formula is C17H15NO7S2. The second-order valence-electron chi connectivity index (χ2n) is 5.40. The molecule has 0 amide bonds. The molecule has 0 spiro atoms. The van der Waals surface area contributed by atoms with Crippen molar-refractivity contribution in [2.45, 2.75) is 4.90 Å². The Labute approximate surface area is 158 Å². The number of esters is 1. The highest BCUT2D eigenvalue weighted by atomic mass is 32.2. The minimum absolute atomic E-state index is 0.0542. The van der Waals surface area contributed by atoms with Crippen LogP contribution in [0.2, 0.25) is 0 Å². The van der Waals surface area contributed by atoms with E-state index in [-0.39, 0.29) is 16.0 Å². The van der Waals surface area contributed by atoms with E-state index in [1.54, 1.807) is 12.1 Å². The number of hydrogen-bond acceptors (Lipinski definition) is 8. The molecule has 0 saturated carbocycles. The maximum Gasteiger partial charge on any atom is 0.351 e. The lowest BCUT2D eigenvalue weighted by molar-refractivity contribution is 0.0596. The van der Waals surface area contributed by atoms with Crippen LogP contribution in [0.15, 0.2) is 50.5 Å². The fourth-order valence-electron chi connectivity index (χ4n) is 2.35. The Morgan fingerprint density at radius 2 is 1.93 bits per heavy atom. The third kappa shape index (κ3) is 3.40. The number of fused-ring (bicyclic) bond motifs is 1. The molecule has 0 radical (unpaired) electrons. The molecule has 0 aliphatic rings. The lowest BCUT2D eigenvalue weighted by Crippen LogP contribution is -2.25. The van der Waals surface area contributed by atoms with E-state index < -0.39 is 21.6 Å². The van der Waals surface area contributed by atoms with Crippen LogP contribution in [-0.2, 0) is 14.8 Å². The van der Waals surface area contributed by atoms with Gasteiger partial charge in [0.25, 0.3) is 10.0 Å². The Balaban J connectivity index is 2.06. The molecule has 8 nitrogen and oxygen atoms in total. The van der Waals surface area contributed by atoms with Crippen LogP contribution in [-0.4, -0.2) is 35.7 Å². The summed E-state index contributed by atoms with van der Waals surface area (Å²) in [6.07, 6.45) is 0. The van der Waals surface area contributed by atoms with Gasteiger partial charge in [-0.05, 0) is 18.2 Å². The van der Waals surface area contributed by atoms with E-state index in [0.29, 0.717) is 15.5 Å². The lowest BCUT2D eigenvalue weighted by Gasteiger charge is -2.17. The van der Waals surface area contributed by atoms with Crippen molar-refractivity contribution >= 4 is 42.6 Å². The molecule has 142 valence electrons. The molecule has 0 atom stereocenters. The van der Waals surface area contributed by atoms with Crippen molar-refractivity contribution in [2.24, 2.45) is 0 Å². The van der Waals surface area contributed by atoms with Crippen molar-refractivity contribution in [3.8, 4) is 5.75 Å². The molecule has 10 heteroatoms. The number of methoxy groups -OCH3 is 2. The van der Waals surface area contributed by atoms with Gasteiger partial charge in [-0.2, -0.15) is 0 Å². The molecule has 0 fully saturated rings. The third-order valence-electron chi connectivity index (χ3n) is 3.83. The molecule has 0 aliphatic heterocycles. The molecule has 27 heavy (non-hydrogen) atoms. The Bertz CT molecular complexity index is 1180. The van der Waals surface area contributed by atoms with Crippen LogP contribution in [0.1, 0.15) is 10.4 Å². The van der Waals surface area contributed by atoms with Crippen molar-refractivity contribution in [2.75, 3.05) is 25.6 Å². The predicted octanol–water partition coefficient (Wildman–Crippen LogP) is 2.47. The summed E-state index contributed by atoms with van der Waals surface area (Å²) in [5, 5.41) is 0.318. The first-order valence-electron chi connectivity index (χ1n) is 7.57. The van der Waals surface area contributed by atoms with Crippen LogP contribution in [0.5, 0.6) is 5.75 Å². The SMILES string of the molecule is COC(=O)c1cc2sc(N(C)S(=O)(=O)c3cccc(OC)c3)cc2oc1=O. The van der Waals surface area contributed by atoms with E-state index >= 15 is 0 Å². The van der Waals surface area contributed by atoms with E-state index in [9.17, 15) is 18.0 Å². The quantitative estimate of drug-likeness (QED) is 0.596. The number of benzene rings is 1. The fourth-order valence-corrected chi connectivity index (χ4v) is 4.77. The third-order valence-corrected chi connectivity index (χ3v) is 6.85. The molecule has 0 aliphatic carbocycles. The first-order chi connectivity index (χ1) is 12.8. The van der Waals surface area contributed by atoms with E-state index in [0.717, 1.165) is 22.8 Å². The molecule has 0 unspecified atom stereocenters. The van der Waals surface area contributed by atoms with Gasteiger partial charge in [-0.1, -0.05) is 6.07 Å². The molecule has 0 saturated heterocycles. The van der Waals surface area contributed by atoms with Gasteiger partial charge in [-0.25, -0.2) is 18.0 Å². The Morgan fingerprint density at radius 3 is 2.59 bits per heavy atom. The molecular weight excluding hydrogens is 394 g/mol. The van der Waals surface area contributed by atoms with Crippen molar-refractivity contribution in [3.63, 3.8) is 0 Å². The van der Waals surface area contributed by atoms with Crippen LogP contribution < -0.4 is 14.7 Å². The van der Waals surface area contributed by atoms with Gasteiger partial charge in [0.2, 0.25) is 0 Å². The van der Waals surface area contributed by atoms with Gasteiger partial charge >= 0.3 is 11.6 Å². The predicted molar refractivity (Wildman–Crippen MR) is 100 cm³/mol. The normalized spacial score (nSPS) is 11.4. The van der Waals surface area contributed by atoms with E-state index in [4.69, 9.17) is 9.15 Å². The summed E-state index contributed by atoms with van der Waals surface area (Å²) in [5.41, 5.74) is -0.922. The Hall–Kier alpha value is -2.85. The monoisotopic (exact) mass is 409 g/mol. The van der Waals surface area contributed by atoms with Crippen LogP contribution in [0, 0.1) is 0 Å². The van der Waals surface area contributed by atoms with E-state index in [1.807, 2.05) is 0 Å². The van der Waals surface area contributed by atoms with Crippen molar-refractivity contribution < 1.29 is 27.1 Å². The van der Waals surface area contributed by atoms with Crippen LogP contribution in [0.3, 0.4) is 0 Å². The summed E-state index contributed by atoms with van der Waals surface area (Å²) in [7, 11) is 0.126. The molecule has 3 aromatic rings. The number of ether oxygens (including phenoxy) is 2. The zero-order chi connectivity index (χ0) is 19.8. The second-order valence-corrected chi connectivity index (χ2v) is 8.44. The van der Waals surface area contributed by atoms with Gasteiger partial charge in [0.1, 0.15) is 16.3 Å². The number of carbonyl (C=O) groups is 1. The number of thiophene rings is 1. The van der Waals surface area contributed by atoms with Crippen LogP contribution >= 0.6 is 11.3 Å². The molecule has 2 heterocycles. The maximum absolute atomic E-state index is 12.9. The summed E-state index contributed by atoms with van der Waals surface area (Å²) >= 11 is 1.06. The maximum atomic E-state index is 12.9. The van der Waals surface area contributed by atoms with Crippen molar-refractivity contribution in [1.29, 1.82) is 0 Å². The summed E-state index contributed by atoms with van der Waals surface area (Å²) in [6.45, 7) is 0. The van der Waals surface area contributed by atoms with E-state index in [1.165, 1.54) is 38.4 Å². The summed E-state index contributed by atoms with van der Waals surface area (Å²) in [5.74, 6) is -0.410. The van der Waals surface area contributed by atoms with Gasteiger partial charge in [0.15, 0.2) is 5.58 Å². The highest BCUT2D eigenvalue weighted by Crippen LogP contribution is 2.34. The highest BCUT2D eigenvalue weighted by Gasteiger charge is 2.24. The summed E-state index contributed by atoms with van der Waals surface area (Å²) in [4.78, 5) is 23.6. The molecule has 1 aromatic carbocycles. The molecule has 3 rings (SSSR count). The molecule has 2 aromatic heterocycles. The van der Waals surface area contributed by atoms with Gasteiger partial charge < -0.3 is 13.9 Å². The van der Waals surface area contributed by atoms with Crippen molar-refractivity contribution in [1.82, 2.24) is 0 Å². The minimum Gasteiger partial charge on any atom is -0.497 e. The van der Waals surface area contributed by atoms with Gasteiger partial charge in [0, 0.05) is 19.2 Å². The van der Waals surface area contributed by atoms with Gasteiger partial charge in [-0.3, -0.25) is 4.31 Å². The number of nitrogens with zero attached hydrogens (tertiary/aromatic N) is 1. The minimum atomic E-state index is -3.86. The number of anilines is 1. The van der Waals surface area contributed by atoms with Crippen molar-refractivity contribution in [3.05, 3.63) is 52.4 Å². The van der Waals surface area contributed by atoms with Gasteiger partial charge in [0.05, 0.1) is 23.8 Å². The Morgan fingerprint density at radius 1 is 1.19 bits per heavy atom. The van der Waals surface area contributed by atoms with Crippen LogP contribution in [0.25, 0.3) is 10.3 Å². The molecule has 0 N–H and O–H groups in total. The number of carbonyl (C=O) groups excluding carboxylic acids is 1. The summed E-state index contributed by atoms with van der Waals surface area (Å²) in [6, 6.07) is 8.84. The topological polar surface area (TPSA) is 103 Å². The smallest absolute Gasteiger partial charge is 0.351 e. The second kappa shape index (κ2) is 7.05. The number of rotatable bonds is 5. The lowest BCUT2D eigenvalue weighted by atomic mass is 10.3. The zero-order valence-electron chi connectivity index (χ0n) is 14.6. The first kappa shape index (κ1) is 18.9. The first-order valence-corrected chi connectivity index (χ1v) is 9.82. The van der Waals surface area contributed by atoms with E-state index in [2.05, 4.69) is 4.74 Å². The number of sulfonamides is 1. The Kier molecular flexibility index (Phi) is 4.94. The highest BCUT2D eigenvalue weighted by molar-refractivity contribution is 7.93. The average Bonchev–Trinajstić information content (AvgIpc) is 3.08. The number of hydrogen-bond donors (Lipinski definition) is 0. The fraction of sp³-hybridized carbons (Fsp3) is 0.176. The standard InChI is InChI=1S/C17H15NO7S2/c1-18(27(21,22)11-6-4-5-10(7-11)23-2)15-9-13-14(26-15)8-12(16(19)24-3)17(20)25-13/h4-9H,1-3H3. The largest absolute Gasteiger partial charge is 0.497 e.